The molecule has 0 amide bonds. The first-order valence-corrected chi connectivity index (χ1v) is 5.16. The summed E-state index contributed by atoms with van der Waals surface area (Å²) in [7, 11) is 0. The zero-order valence-corrected chi connectivity index (χ0v) is 9.53. The molecule has 0 aliphatic rings. The molecule has 0 heterocycles. The van der Waals surface area contributed by atoms with Gasteiger partial charge in [-0.3, -0.25) is 0 Å². The highest BCUT2D eigenvalue weighted by Gasteiger charge is 2.18. The van der Waals surface area contributed by atoms with Gasteiger partial charge in [0.05, 0.1) is 11.4 Å². The van der Waals surface area contributed by atoms with Crippen molar-refractivity contribution in [2.75, 3.05) is 11.1 Å². The van der Waals surface area contributed by atoms with Crippen molar-refractivity contribution in [3.63, 3.8) is 0 Å². The molecule has 0 radical (unpaired) electrons. The Hall–Kier alpha value is -2.04. The molecule has 4 N–H and O–H groups in total. The van der Waals surface area contributed by atoms with E-state index in [9.17, 15) is 9.18 Å². The van der Waals surface area contributed by atoms with Gasteiger partial charge in [-0.15, -0.1) is 6.58 Å². The number of carboxylic acid groups (broad SMARTS) is 1. The summed E-state index contributed by atoms with van der Waals surface area (Å²) in [6.45, 7) is 5.46. The van der Waals surface area contributed by atoms with Gasteiger partial charge in [0.25, 0.3) is 0 Å². The quantitative estimate of drug-likeness (QED) is 0.544. The minimum atomic E-state index is -1.25. The van der Waals surface area contributed by atoms with Crippen molar-refractivity contribution >= 4 is 17.3 Å². The van der Waals surface area contributed by atoms with Gasteiger partial charge in [0.15, 0.2) is 0 Å². The Kier molecular flexibility index (Phi) is 4.09. The Morgan fingerprint density at radius 1 is 1.71 bits per heavy atom. The van der Waals surface area contributed by atoms with Crippen molar-refractivity contribution in [1.82, 2.24) is 0 Å². The Morgan fingerprint density at radius 2 is 2.35 bits per heavy atom. The smallest absolute Gasteiger partial charge is 0.340 e. The minimum absolute atomic E-state index is 0.00420. The SMILES string of the molecule is C=CCC(C)Nc1ccc(F)c(N)c1C(=O)O. The molecule has 0 spiro atoms. The van der Waals surface area contributed by atoms with Crippen LogP contribution in [0.3, 0.4) is 0 Å². The van der Waals surface area contributed by atoms with Crippen LogP contribution in [0, 0.1) is 5.82 Å². The van der Waals surface area contributed by atoms with Gasteiger partial charge >= 0.3 is 5.97 Å². The summed E-state index contributed by atoms with van der Waals surface area (Å²) < 4.78 is 13.2. The molecule has 1 aromatic rings. The largest absolute Gasteiger partial charge is 0.478 e. The molecule has 1 atom stereocenters. The van der Waals surface area contributed by atoms with Gasteiger partial charge in [-0.25, -0.2) is 9.18 Å². The monoisotopic (exact) mass is 238 g/mol. The number of nitrogens with two attached hydrogens (primary N) is 1. The van der Waals surface area contributed by atoms with Crippen LogP contribution >= 0.6 is 0 Å². The molecule has 1 rings (SSSR count). The average molecular weight is 238 g/mol. The maximum atomic E-state index is 13.2. The van der Waals surface area contributed by atoms with E-state index in [0.717, 1.165) is 6.07 Å². The lowest BCUT2D eigenvalue weighted by molar-refractivity contribution is 0.0698. The number of halogens is 1. The molecule has 0 saturated heterocycles. The minimum Gasteiger partial charge on any atom is -0.478 e. The Morgan fingerprint density at radius 3 is 2.88 bits per heavy atom. The molecule has 0 aliphatic heterocycles. The molecule has 0 fully saturated rings. The van der Waals surface area contributed by atoms with Crippen LogP contribution in [0.15, 0.2) is 24.8 Å². The molecular weight excluding hydrogens is 223 g/mol. The summed E-state index contributed by atoms with van der Waals surface area (Å²) in [5.74, 6) is -1.99. The number of nitrogens with one attached hydrogen (secondary N) is 1. The summed E-state index contributed by atoms with van der Waals surface area (Å²) in [4.78, 5) is 11.0. The number of hydrogen-bond acceptors (Lipinski definition) is 3. The van der Waals surface area contributed by atoms with Crippen molar-refractivity contribution in [2.45, 2.75) is 19.4 Å². The number of benzene rings is 1. The van der Waals surface area contributed by atoms with Crippen molar-refractivity contribution in [3.05, 3.63) is 36.2 Å². The third-order valence-electron chi connectivity index (χ3n) is 2.33. The van der Waals surface area contributed by atoms with E-state index in [4.69, 9.17) is 10.8 Å². The van der Waals surface area contributed by atoms with Crippen LogP contribution in [0.25, 0.3) is 0 Å². The van der Waals surface area contributed by atoms with Gasteiger partial charge in [0, 0.05) is 6.04 Å². The number of carbonyl (C=O) groups is 1. The topological polar surface area (TPSA) is 75.3 Å². The lowest BCUT2D eigenvalue weighted by atomic mass is 10.1. The lowest BCUT2D eigenvalue weighted by Crippen LogP contribution is -2.18. The Balaban J connectivity index is 3.11. The second kappa shape index (κ2) is 5.34. The predicted octanol–water partition coefficient (Wildman–Crippen LogP) is 2.48. The third-order valence-corrected chi connectivity index (χ3v) is 2.33. The maximum Gasteiger partial charge on any atom is 0.340 e. The number of hydrogen-bond donors (Lipinski definition) is 3. The highest BCUT2D eigenvalue weighted by atomic mass is 19.1. The standard InChI is InChI=1S/C12H15FN2O2/c1-3-4-7(2)15-9-6-5-8(13)11(14)10(9)12(16)17/h3,5-7,15H,1,4,14H2,2H3,(H,16,17). The van der Waals surface area contributed by atoms with Crippen LogP contribution in [0.2, 0.25) is 0 Å². The summed E-state index contributed by atoms with van der Waals surface area (Å²) >= 11 is 0. The second-order valence-corrected chi connectivity index (χ2v) is 3.76. The van der Waals surface area contributed by atoms with Crippen LogP contribution in [0.5, 0.6) is 0 Å². The van der Waals surface area contributed by atoms with E-state index in [2.05, 4.69) is 11.9 Å². The Bertz CT molecular complexity index is 446. The molecule has 92 valence electrons. The molecule has 0 aromatic heterocycles. The third kappa shape index (κ3) is 2.96. The summed E-state index contributed by atoms with van der Waals surface area (Å²) in [5, 5.41) is 12.0. The molecular formula is C12H15FN2O2. The van der Waals surface area contributed by atoms with Crippen LogP contribution in [-0.2, 0) is 0 Å². The number of nitrogen functional groups attached to an aromatic ring is 1. The molecule has 1 aromatic carbocycles. The van der Waals surface area contributed by atoms with Crippen LogP contribution in [0.4, 0.5) is 15.8 Å². The van der Waals surface area contributed by atoms with Crippen molar-refractivity contribution in [3.8, 4) is 0 Å². The molecule has 4 nitrogen and oxygen atoms in total. The summed E-state index contributed by atoms with van der Waals surface area (Å²) in [5.41, 5.74) is 5.14. The highest BCUT2D eigenvalue weighted by molar-refractivity contribution is 6.00. The number of rotatable bonds is 5. The fourth-order valence-corrected chi connectivity index (χ4v) is 1.52. The van der Waals surface area contributed by atoms with Crippen LogP contribution in [-0.4, -0.2) is 17.1 Å². The van der Waals surface area contributed by atoms with Gasteiger partial charge in [0.2, 0.25) is 0 Å². The first-order valence-electron chi connectivity index (χ1n) is 5.16. The van der Waals surface area contributed by atoms with Crippen molar-refractivity contribution in [1.29, 1.82) is 0 Å². The zero-order chi connectivity index (χ0) is 13.0. The Labute approximate surface area is 98.9 Å². The van der Waals surface area contributed by atoms with Gasteiger partial charge in [-0.2, -0.15) is 0 Å². The lowest BCUT2D eigenvalue weighted by Gasteiger charge is -2.16. The number of carboxylic acids is 1. The van der Waals surface area contributed by atoms with E-state index in [1.807, 2.05) is 6.92 Å². The van der Waals surface area contributed by atoms with E-state index in [-0.39, 0.29) is 17.3 Å². The maximum absolute atomic E-state index is 13.2. The van der Waals surface area contributed by atoms with Gasteiger partial charge in [-0.1, -0.05) is 6.08 Å². The molecule has 0 bridgehead atoms. The average Bonchev–Trinajstić information content (AvgIpc) is 2.23. The van der Waals surface area contributed by atoms with Crippen molar-refractivity contribution in [2.24, 2.45) is 0 Å². The van der Waals surface area contributed by atoms with Gasteiger partial charge < -0.3 is 16.2 Å². The van der Waals surface area contributed by atoms with E-state index in [1.165, 1.54) is 6.07 Å². The normalized spacial score (nSPS) is 11.9. The second-order valence-electron chi connectivity index (χ2n) is 3.76. The molecule has 1 unspecified atom stereocenters. The van der Waals surface area contributed by atoms with E-state index in [0.29, 0.717) is 12.1 Å². The zero-order valence-electron chi connectivity index (χ0n) is 9.53. The van der Waals surface area contributed by atoms with Crippen molar-refractivity contribution < 1.29 is 14.3 Å². The molecule has 17 heavy (non-hydrogen) atoms. The summed E-state index contributed by atoms with van der Waals surface area (Å²) in [6.07, 6.45) is 2.38. The highest BCUT2D eigenvalue weighted by Crippen LogP contribution is 2.25. The first-order chi connectivity index (χ1) is 7.97. The molecule has 0 aliphatic carbocycles. The van der Waals surface area contributed by atoms with E-state index < -0.39 is 11.8 Å². The van der Waals surface area contributed by atoms with Gasteiger partial charge in [0.1, 0.15) is 11.4 Å². The van der Waals surface area contributed by atoms with E-state index in [1.54, 1.807) is 6.08 Å². The summed E-state index contributed by atoms with van der Waals surface area (Å²) in [6, 6.07) is 2.51. The van der Waals surface area contributed by atoms with Crippen LogP contribution in [0.1, 0.15) is 23.7 Å². The fraction of sp³-hybridized carbons (Fsp3) is 0.250. The molecule has 0 saturated carbocycles. The van der Waals surface area contributed by atoms with Crippen LogP contribution < -0.4 is 11.1 Å². The van der Waals surface area contributed by atoms with E-state index >= 15 is 0 Å². The molecule has 5 heteroatoms. The number of aromatic carboxylic acids is 1. The van der Waals surface area contributed by atoms with Gasteiger partial charge in [-0.05, 0) is 25.5 Å². The first kappa shape index (κ1) is 13.0. The number of anilines is 2. The predicted molar refractivity (Wildman–Crippen MR) is 65.7 cm³/mol. The fourth-order valence-electron chi connectivity index (χ4n) is 1.52.